The number of hydrogen-bond donors (Lipinski definition) is 0. The lowest BCUT2D eigenvalue weighted by Crippen LogP contribution is -2.52. The number of likely N-dealkylation sites (N-methyl/N-ethyl adjacent to an activating group) is 1. The Hall–Kier alpha value is -3.38. The summed E-state index contributed by atoms with van der Waals surface area (Å²) in [5.74, 6) is -0.0862. The highest BCUT2D eigenvalue weighted by atomic mass is 16.3. The molecule has 0 saturated carbocycles. The number of piperazine rings is 1. The van der Waals surface area contributed by atoms with Crippen molar-refractivity contribution in [3.8, 4) is 0 Å². The number of carbonyl (C=O) groups is 2. The van der Waals surface area contributed by atoms with E-state index in [-0.39, 0.29) is 30.2 Å². The van der Waals surface area contributed by atoms with Crippen molar-refractivity contribution in [2.24, 2.45) is 0 Å². The van der Waals surface area contributed by atoms with Crippen molar-refractivity contribution < 1.29 is 14.0 Å². The summed E-state index contributed by atoms with van der Waals surface area (Å²) in [6.45, 7) is 2.86. The summed E-state index contributed by atoms with van der Waals surface area (Å²) in [5, 5.41) is 0. The van der Waals surface area contributed by atoms with Crippen LogP contribution < -0.4 is 0 Å². The van der Waals surface area contributed by atoms with E-state index >= 15 is 0 Å². The van der Waals surface area contributed by atoms with E-state index in [1.165, 1.54) is 22.3 Å². The van der Waals surface area contributed by atoms with E-state index in [1.54, 1.807) is 19.2 Å². The van der Waals surface area contributed by atoms with Crippen molar-refractivity contribution in [2.75, 3.05) is 39.8 Å². The Kier molecular flexibility index (Phi) is 6.48. The molecule has 1 aliphatic rings. The summed E-state index contributed by atoms with van der Waals surface area (Å²) in [6, 6.07) is 24.4. The molecule has 1 aliphatic heterocycles. The zero-order valence-corrected chi connectivity index (χ0v) is 17.7. The molecule has 31 heavy (non-hydrogen) atoms. The van der Waals surface area contributed by atoms with Crippen molar-refractivity contribution in [1.29, 1.82) is 0 Å². The normalized spacial score (nSPS) is 14.6. The first-order chi connectivity index (χ1) is 15.1. The molecule has 4 rings (SSSR count). The molecule has 0 bridgehead atoms. The smallest absolute Gasteiger partial charge is 0.289 e. The minimum atomic E-state index is -0.287. The molecule has 6 heteroatoms. The van der Waals surface area contributed by atoms with Gasteiger partial charge in [-0.05, 0) is 23.3 Å². The Bertz CT molecular complexity index is 942. The quantitative estimate of drug-likeness (QED) is 0.618. The summed E-state index contributed by atoms with van der Waals surface area (Å²) < 4.78 is 5.15. The average molecular weight is 418 g/mol. The molecular formula is C25H27N3O3. The predicted molar refractivity (Wildman–Crippen MR) is 119 cm³/mol. The first-order valence-corrected chi connectivity index (χ1v) is 10.5. The Balaban J connectivity index is 1.39. The average Bonchev–Trinajstić information content (AvgIpc) is 3.35. The predicted octanol–water partition coefficient (Wildman–Crippen LogP) is 3.29. The maximum absolute atomic E-state index is 12.8. The van der Waals surface area contributed by atoms with Gasteiger partial charge in [-0.2, -0.15) is 0 Å². The van der Waals surface area contributed by atoms with Gasteiger partial charge in [0, 0.05) is 33.2 Å². The van der Waals surface area contributed by atoms with Gasteiger partial charge in [0.2, 0.25) is 5.91 Å². The van der Waals surface area contributed by atoms with Crippen LogP contribution in [0.2, 0.25) is 0 Å². The summed E-state index contributed by atoms with van der Waals surface area (Å²) in [4.78, 5) is 30.8. The highest BCUT2D eigenvalue weighted by Gasteiger charge is 2.29. The first-order valence-electron chi connectivity index (χ1n) is 10.5. The fraction of sp³-hybridized carbons (Fsp3) is 0.280. The first kappa shape index (κ1) is 20.9. The van der Waals surface area contributed by atoms with E-state index < -0.39 is 0 Å². The minimum absolute atomic E-state index is 0.0420. The van der Waals surface area contributed by atoms with Gasteiger partial charge >= 0.3 is 0 Å². The Morgan fingerprint density at radius 1 is 0.871 bits per heavy atom. The largest absolute Gasteiger partial charge is 0.459 e. The Morgan fingerprint density at radius 3 is 1.97 bits per heavy atom. The van der Waals surface area contributed by atoms with Gasteiger partial charge < -0.3 is 14.2 Å². The van der Waals surface area contributed by atoms with Gasteiger partial charge in [-0.3, -0.25) is 14.5 Å². The molecule has 2 aromatic carbocycles. The maximum Gasteiger partial charge on any atom is 0.289 e. The van der Waals surface area contributed by atoms with Crippen LogP contribution in [0.5, 0.6) is 0 Å². The highest BCUT2D eigenvalue weighted by molar-refractivity contribution is 5.94. The van der Waals surface area contributed by atoms with Gasteiger partial charge in [0.15, 0.2) is 5.76 Å². The lowest BCUT2D eigenvalue weighted by molar-refractivity contribution is -0.133. The lowest BCUT2D eigenvalue weighted by atomic mass is 9.96. The molecule has 1 aromatic heterocycles. The van der Waals surface area contributed by atoms with E-state index in [0.29, 0.717) is 13.1 Å². The van der Waals surface area contributed by atoms with Crippen LogP contribution in [0.15, 0.2) is 83.5 Å². The van der Waals surface area contributed by atoms with Crippen molar-refractivity contribution in [1.82, 2.24) is 14.7 Å². The second-order valence-electron chi connectivity index (χ2n) is 7.78. The highest BCUT2D eigenvalue weighted by Crippen LogP contribution is 2.29. The van der Waals surface area contributed by atoms with Crippen LogP contribution in [0.1, 0.15) is 27.7 Å². The molecule has 0 atom stereocenters. The van der Waals surface area contributed by atoms with Crippen LogP contribution in [-0.4, -0.2) is 66.3 Å². The van der Waals surface area contributed by atoms with E-state index in [9.17, 15) is 9.59 Å². The van der Waals surface area contributed by atoms with E-state index in [1.807, 2.05) is 17.0 Å². The lowest BCUT2D eigenvalue weighted by Gasteiger charge is -2.40. The van der Waals surface area contributed by atoms with Gasteiger partial charge in [-0.25, -0.2) is 0 Å². The number of benzene rings is 2. The van der Waals surface area contributed by atoms with E-state index in [2.05, 4.69) is 53.4 Å². The Morgan fingerprint density at radius 2 is 1.45 bits per heavy atom. The molecule has 160 valence electrons. The van der Waals surface area contributed by atoms with Crippen LogP contribution in [0, 0.1) is 0 Å². The summed E-state index contributed by atoms with van der Waals surface area (Å²) in [5.41, 5.74) is 2.49. The zero-order chi connectivity index (χ0) is 21.6. The SMILES string of the molecule is CN(CC(=O)N1CCN(C(c2ccccc2)c2ccccc2)CC1)C(=O)c1ccco1. The molecule has 6 nitrogen and oxygen atoms in total. The second-order valence-corrected chi connectivity index (χ2v) is 7.78. The van der Waals surface area contributed by atoms with Crippen LogP contribution >= 0.6 is 0 Å². The van der Waals surface area contributed by atoms with Gasteiger partial charge in [-0.1, -0.05) is 60.7 Å². The summed E-state index contributed by atoms with van der Waals surface area (Å²) in [7, 11) is 1.62. The van der Waals surface area contributed by atoms with Crippen molar-refractivity contribution in [3.63, 3.8) is 0 Å². The van der Waals surface area contributed by atoms with Crippen LogP contribution in [-0.2, 0) is 4.79 Å². The fourth-order valence-electron chi connectivity index (χ4n) is 4.08. The number of hydrogen-bond acceptors (Lipinski definition) is 4. The topological polar surface area (TPSA) is 57.0 Å². The van der Waals surface area contributed by atoms with E-state index in [4.69, 9.17) is 4.42 Å². The monoisotopic (exact) mass is 417 g/mol. The van der Waals surface area contributed by atoms with Crippen molar-refractivity contribution in [3.05, 3.63) is 95.9 Å². The molecule has 3 aromatic rings. The summed E-state index contributed by atoms with van der Waals surface area (Å²) in [6.07, 6.45) is 1.46. The van der Waals surface area contributed by atoms with Gasteiger partial charge in [-0.15, -0.1) is 0 Å². The third-order valence-electron chi connectivity index (χ3n) is 5.71. The van der Waals surface area contributed by atoms with Crippen molar-refractivity contribution >= 4 is 11.8 Å². The van der Waals surface area contributed by atoms with Crippen LogP contribution in [0.3, 0.4) is 0 Å². The van der Waals surface area contributed by atoms with Crippen LogP contribution in [0.25, 0.3) is 0 Å². The molecular weight excluding hydrogens is 390 g/mol. The number of nitrogens with zero attached hydrogens (tertiary/aromatic N) is 3. The third kappa shape index (κ3) is 4.86. The standard InChI is InChI=1S/C25H27N3O3/c1-26(25(30)22-13-8-18-31-22)19-23(29)27-14-16-28(17-15-27)24(20-9-4-2-5-10-20)21-11-6-3-7-12-21/h2-13,18,24H,14-17,19H2,1H3. The summed E-state index contributed by atoms with van der Waals surface area (Å²) >= 11 is 0. The molecule has 2 amide bonds. The second kappa shape index (κ2) is 9.62. The zero-order valence-electron chi connectivity index (χ0n) is 17.7. The Labute approximate surface area is 182 Å². The molecule has 0 radical (unpaired) electrons. The molecule has 0 aliphatic carbocycles. The number of carbonyl (C=O) groups excluding carboxylic acids is 2. The van der Waals surface area contributed by atoms with E-state index in [0.717, 1.165) is 13.1 Å². The molecule has 1 saturated heterocycles. The van der Waals surface area contributed by atoms with Crippen molar-refractivity contribution in [2.45, 2.75) is 6.04 Å². The number of rotatable bonds is 6. The molecule has 2 heterocycles. The van der Waals surface area contributed by atoms with Gasteiger partial charge in [0.25, 0.3) is 5.91 Å². The molecule has 1 fully saturated rings. The van der Waals surface area contributed by atoms with Crippen LogP contribution in [0.4, 0.5) is 0 Å². The molecule has 0 spiro atoms. The minimum Gasteiger partial charge on any atom is -0.459 e. The molecule has 0 N–H and O–H groups in total. The maximum atomic E-state index is 12.8. The number of furan rings is 1. The van der Waals surface area contributed by atoms with Gasteiger partial charge in [0.05, 0.1) is 18.8 Å². The van der Waals surface area contributed by atoms with Gasteiger partial charge in [0.1, 0.15) is 0 Å². The number of amides is 2. The third-order valence-corrected chi connectivity index (χ3v) is 5.71. The molecule has 0 unspecified atom stereocenters. The fourth-order valence-corrected chi connectivity index (χ4v) is 4.08.